The summed E-state index contributed by atoms with van der Waals surface area (Å²) in [6.45, 7) is 3.37. The molecule has 4 rings (SSSR count). The molecule has 2 heterocycles. The zero-order chi connectivity index (χ0) is 23.3. The Labute approximate surface area is 206 Å². The normalized spacial score (nSPS) is 20.4. The molecule has 2 aromatic rings. The fraction of sp³-hybridized carbons (Fsp3) is 0.654. The van der Waals surface area contributed by atoms with E-state index >= 15 is 0 Å². The van der Waals surface area contributed by atoms with Gasteiger partial charge in [-0.2, -0.15) is 11.8 Å². The Bertz CT molecular complexity index is 914. The minimum atomic E-state index is -0.709. The van der Waals surface area contributed by atoms with Crippen LogP contribution in [0.3, 0.4) is 0 Å². The van der Waals surface area contributed by atoms with Crippen molar-refractivity contribution < 1.29 is 14.9 Å². The van der Waals surface area contributed by atoms with Crippen molar-refractivity contribution in [3.63, 3.8) is 0 Å². The first-order chi connectivity index (χ1) is 16.0. The maximum atomic E-state index is 11.1. The summed E-state index contributed by atoms with van der Waals surface area (Å²) in [6.07, 6.45) is 9.78. The van der Waals surface area contributed by atoms with Gasteiger partial charge in [-0.3, -0.25) is 4.98 Å². The van der Waals surface area contributed by atoms with Crippen LogP contribution >= 0.6 is 23.4 Å². The molecule has 2 N–H and O–H groups in total. The number of methoxy groups -OCH3 is 1. The third-order valence-electron chi connectivity index (χ3n) is 7.66. The lowest BCUT2D eigenvalue weighted by atomic mass is 9.74. The van der Waals surface area contributed by atoms with Crippen LogP contribution in [0, 0.1) is 5.41 Å². The third kappa shape index (κ3) is 6.15. The topological polar surface area (TPSA) is 65.8 Å². The second kappa shape index (κ2) is 11.6. The van der Waals surface area contributed by atoms with E-state index in [2.05, 4.69) is 21.6 Å². The number of aliphatic hydroxyl groups excluding tert-OH is 2. The van der Waals surface area contributed by atoms with E-state index in [1.54, 1.807) is 13.3 Å². The molecule has 2 aliphatic rings. The van der Waals surface area contributed by atoms with Crippen molar-refractivity contribution in [1.82, 2.24) is 9.88 Å². The van der Waals surface area contributed by atoms with Crippen LogP contribution in [0.1, 0.15) is 63.0 Å². The molecule has 0 spiro atoms. The summed E-state index contributed by atoms with van der Waals surface area (Å²) in [6, 6.07) is 5.63. The Hall–Kier alpha value is -1.05. The number of pyridine rings is 1. The molecule has 0 bridgehead atoms. The fourth-order valence-corrected chi connectivity index (χ4v) is 7.00. The van der Waals surface area contributed by atoms with Gasteiger partial charge in [0.1, 0.15) is 5.75 Å². The van der Waals surface area contributed by atoms with Gasteiger partial charge >= 0.3 is 0 Å². The number of aromatic nitrogens is 1. The average molecular weight is 493 g/mol. The van der Waals surface area contributed by atoms with Crippen molar-refractivity contribution in [3.8, 4) is 5.75 Å². The fourth-order valence-electron chi connectivity index (χ4n) is 5.36. The van der Waals surface area contributed by atoms with Crippen LogP contribution in [0.2, 0.25) is 5.02 Å². The van der Waals surface area contributed by atoms with E-state index in [-0.39, 0.29) is 12.0 Å². The highest BCUT2D eigenvalue weighted by molar-refractivity contribution is 7.99. The monoisotopic (exact) mass is 492 g/mol. The summed E-state index contributed by atoms with van der Waals surface area (Å²) in [5.74, 6) is 1.93. The van der Waals surface area contributed by atoms with Crippen molar-refractivity contribution in [3.05, 3.63) is 35.0 Å². The summed E-state index contributed by atoms with van der Waals surface area (Å²) in [7, 11) is 1.63. The van der Waals surface area contributed by atoms with Gasteiger partial charge in [-0.05, 0) is 75.2 Å². The van der Waals surface area contributed by atoms with E-state index in [4.69, 9.17) is 16.3 Å². The minimum absolute atomic E-state index is 0.122. The van der Waals surface area contributed by atoms with Gasteiger partial charge in [-0.15, -0.1) is 0 Å². The number of nitrogens with zero attached hydrogens (tertiary/aromatic N) is 2. The molecule has 5 nitrogen and oxygen atoms in total. The van der Waals surface area contributed by atoms with Gasteiger partial charge < -0.3 is 19.8 Å². The first-order valence-corrected chi connectivity index (χ1v) is 13.7. The van der Waals surface area contributed by atoms with Gasteiger partial charge in [-0.25, -0.2) is 0 Å². The molecular formula is C26H37ClN2O3S. The molecule has 1 aliphatic carbocycles. The highest BCUT2D eigenvalue weighted by Gasteiger charge is 2.34. The van der Waals surface area contributed by atoms with Gasteiger partial charge in [0.25, 0.3) is 0 Å². The van der Waals surface area contributed by atoms with Crippen molar-refractivity contribution >= 4 is 34.3 Å². The van der Waals surface area contributed by atoms with Crippen LogP contribution < -0.4 is 4.74 Å². The third-order valence-corrected chi connectivity index (χ3v) is 9.33. The number of rotatable bonds is 10. The molecule has 0 amide bonds. The number of benzene rings is 1. The Morgan fingerprint density at radius 1 is 1.27 bits per heavy atom. The van der Waals surface area contributed by atoms with Crippen molar-refractivity contribution in [2.45, 2.75) is 62.7 Å². The van der Waals surface area contributed by atoms with Crippen molar-refractivity contribution in [2.75, 3.05) is 39.1 Å². The second-order valence-corrected chi connectivity index (χ2v) is 11.5. The van der Waals surface area contributed by atoms with E-state index < -0.39 is 6.10 Å². The standard InChI is InChI=1S/C26H37ClN2O3S/c1-32-19-6-7-23-21(16-19)25(22(27)17-28-23)24(31)8-9-26(18-30)10-12-29(13-11-26)14-15-33-20-4-2-3-5-20/h6-7,16-17,20,24,30-31H,2-5,8-15,18H2,1H3/t24-/m1/s1. The van der Waals surface area contributed by atoms with Crippen LogP contribution in [0.5, 0.6) is 5.75 Å². The number of likely N-dealkylation sites (tertiary alicyclic amines) is 1. The summed E-state index contributed by atoms with van der Waals surface area (Å²) < 4.78 is 5.36. The maximum absolute atomic E-state index is 11.1. The quantitative estimate of drug-likeness (QED) is 0.459. The Morgan fingerprint density at radius 3 is 2.73 bits per heavy atom. The number of fused-ring (bicyclic) bond motifs is 1. The molecular weight excluding hydrogens is 456 g/mol. The smallest absolute Gasteiger partial charge is 0.119 e. The molecule has 1 aromatic carbocycles. The highest BCUT2D eigenvalue weighted by atomic mass is 35.5. The van der Waals surface area contributed by atoms with Crippen LogP contribution in [0.15, 0.2) is 24.4 Å². The molecule has 1 atom stereocenters. The SMILES string of the molecule is COc1ccc2ncc(Cl)c([C@H](O)CCC3(CO)CCN(CCSC4CCCC4)CC3)c2c1. The lowest BCUT2D eigenvalue weighted by Gasteiger charge is -2.41. The first-order valence-electron chi connectivity index (χ1n) is 12.3. The minimum Gasteiger partial charge on any atom is -0.497 e. The molecule has 33 heavy (non-hydrogen) atoms. The van der Waals surface area contributed by atoms with Crippen LogP contribution in [0.4, 0.5) is 0 Å². The van der Waals surface area contributed by atoms with Gasteiger partial charge in [0.2, 0.25) is 0 Å². The van der Waals surface area contributed by atoms with E-state index in [1.807, 2.05) is 18.2 Å². The molecule has 1 saturated heterocycles. The van der Waals surface area contributed by atoms with E-state index in [0.29, 0.717) is 22.8 Å². The van der Waals surface area contributed by atoms with Crippen molar-refractivity contribution in [2.24, 2.45) is 5.41 Å². The van der Waals surface area contributed by atoms with Crippen LogP contribution in [0.25, 0.3) is 10.9 Å². The van der Waals surface area contributed by atoms with Gasteiger partial charge in [0.05, 0.1) is 23.8 Å². The number of halogens is 1. The van der Waals surface area contributed by atoms with Crippen molar-refractivity contribution in [1.29, 1.82) is 0 Å². The zero-order valence-electron chi connectivity index (χ0n) is 19.6. The van der Waals surface area contributed by atoms with Crippen LogP contribution in [-0.4, -0.2) is 64.5 Å². The van der Waals surface area contributed by atoms with E-state index in [0.717, 1.165) is 55.0 Å². The molecule has 0 radical (unpaired) electrons. The number of aliphatic hydroxyl groups is 2. The molecule has 0 unspecified atom stereocenters. The highest BCUT2D eigenvalue weighted by Crippen LogP contribution is 2.40. The Kier molecular flexibility index (Phi) is 8.80. The number of piperidine rings is 1. The Balaban J connectivity index is 1.33. The molecule has 7 heteroatoms. The number of hydrogen-bond acceptors (Lipinski definition) is 6. The molecule has 1 saturated carbocycles. The van der Waals surface area contributed by atoms with Gasteiger partial charge in [0, 0.05) is 41.3 Å². The average Bonchev–Trinajstić information content (AvgIpc) is 3.36. The molecule has 1 aromatic heterocycles. The molecule has 2 fully saturated rings. The summed E-state index contributed by atoms with van der Waals surface area (Å²) in [5.41, 5.74) is 1.37. The summed E-state index contributed by atoms with van der Waals surface area (Å²) >= 11 is 8.63. The summed E-state index contributed by atoms with van der Waals surface area (Å²) in [4.78, 5) is 6.94. The first kappa shape index (κ1) is 25.1. The largest absolute Gasteiger partial charge is 0.497 e. The summed E-state index contributed by atoms with van der Waals surface area (Å²) in [5, 5.41) is 23.6. The zero-order valence-corrected chi connectivity index (χ0v) is 21.2. The lowest BCUT2D eigenvalue weighted by molar-refractivity contribution is 0.0254. The maximum Gasteiger partial charge on any atom is 0.119 e. The number of hydrogen-bond donors (Lipinski definition) is 2. The van der Waals surface area contributed by atoms with Crippen LogP contribution in [-0.2, 0) is 0 Å². The van der Waals surface area contributed by atoms with E-state index in [9.17, 15) is 10.2 Å². The molecule has 182 valence electrons. The molecule has 1 aliphatic heterocycles. The van der Waals surface area contributed by atoms with Gasteiger partial charge in [-0.1, -0.05) is 24.4 Å². The lowest BCUT2D eigenvalue weighted by Crippen LogP contribution is -2.43. The van der Waals surface area contributed by atoms with Gasteiger partial charge in [0.15, 0.2) is 0 Å². The second-order valence-electron chi connectivity index (χ2n) is 9.73. The number of thioether (sulfide) groups is 1. The predicted octanol–water partition coefficient (Wildman–Crippen LogP) is 5.46. The Morgan fingerprint density at radius 2 is 2.03 bits per heavy atom. The predicted molar refractivity (Wildman–Crippen MR) is 137 cm³/mol. The van der Waals surface area contributed by atoms with E-state index in [1.165, 1.54) is 31.4 Å². The number of ether oxygens (including phenoxy) is 1.